The number of aliphatic hydroxyl groups is 1. The highest BCUT2D eigenvalue weighted by molar-refractivity contribution is 7.09. The van der Waals surface area contributed by atoms with Crippen LogP contribution < -0.4 is 0 Å². The molecule has 148 valence electrons. The number of benzene rings is 1. The highest BCUT2D eigenvalue weighted by atomic mass is 35.5. The van der Waals surface area contributed by atoms with Crippen LogP contribution in [0, 0.1) is 5.92 Å². The first-order chi connectivity index (χ1) is 13.2. The molecule has 27 heavy (non-hydrogen) atoms. The minimum Gasteiger partial charge on any atom is -0.388 e. The molecule has 1 aromatic carbocycles. The van der Waals surface area contributed by atoms with Crippen LogP contribution in [-0.4, -0.2) is 10.5 Å². The molecular weight excluding hydrogens is 372 g/mol. The minimum atomic E-state index is -0.323. The largest absolute Gasteiger partial charge is 0.388 e. The molecule has 2 aromatic rings. The molecule has 0 aliphatic heterocycles. The summed E-state index contributed by atoms with van der Waals surface area (Å²) in [7, 11) is 0. The van der Waals surface area contributed by atoms with Gasteiger partial charge in [-0.25, -0.2) is 0 Å². The van der Waals surface area contributed by atoms with Crippen LogP contribution in [0.15, 0.2) is 41.8 Å². The molecule has 3 rings (SSSR count). The number of halogens is 1. The van der Waals surface area contributed by atoms with Crippen molar-refractivity contribution in [3.05, 3.63) is 57.8 Å². The smallest absolute Gasteiger partial charge is 0.0790 e. The van der Waals surface area contributed by atoms with Gasteiger partial charge in [-0.05, 0) is 72.9 Å². The molecule has 1 heterocycles. The third-order valence-electron chi connectivity index (χ3n) is 6.11. The summed E-state index contributed by atoms with van der Waals surface area (Å²) >= 11 is 8.56. The Morgan fingerprint density at radius 2 is 1.93 bits per heavy atom. The van der Waals surface area contributed by atoms with Crippen LogP contribution in [0.5, 0.6) is 0 Å². The van der Waals surface area contributed by atoms with Gasteiger partial charge in [-0.2, -0.15) is 0 Å². The van der Waals surface area contributed by atoms with E-state index in [4.69, 9.17) is 11.6 Å². The molecule has 1 N–H and O–H groups in total. The summed E-state index contributed by atoms with van der Waals surface area (Å²) in [6.07, 6.45) is 9.95. The quantitative estimate of drug-likeness (QED) is 0.321. The van der Waals surface area contributed by atoms with Crippen LogP contribution in [0.2, 0.25) is 0 Å². The van der Waals surface area contributed by atoms with Gasteiger partial charge >= 0.3 is 0 Å². The summed E-state index contributed by atoms with van der Waals surface area (Å²) in [6.45, 7) is 2.20. The summed E-state index contributed by atoms with van der Waals surface area (Å²) in [5.41, 5.74) is 2.47. The lowest BCUT2D eigenvalue weighted by Crippen LogP contribution is -2.14. The predicted molar refractivity (Wildman–Crippen MR) is 118 cm³/mol. The molecule has 0 amide bonds. The van der Waals surface area contributed by atoms with Crippen molar-refractivity contribution < 1.29 is 5.11 Å². The van der Waals surface area contributed by atoms with E-state index in [0.717, 1.165) is 24.8 Å². The van der Waals surface area contributed by atoms with Gasteiger partial charge in [-0.3, -0.25) is 0 Å². The Bertz CT molecular complexity index is 652. The van der Waals surface area contributed by atoms with Gasteiger partial charge in [-0.1, -0.05) is 56.5 Å². The van der Waals surface area contributed by atoms with Gasteiger partial charge in [0.15, 0.2) is 0 Å². The number of hydrogen-bond donors (Lipinski definition) is 1. The fourth-order valence-electron chi connectivity index (χ4n) is 4.50. The zero-order valence-electron chi connectivity index (χ0n) is 16.4. The van der Waals surface area contributed by atoms with Crippen molar-refractivity contribution in [3.63, 3.8) is 0 Å². The molecule has 4 unspecified atom stereocenters. The van der Waals surface area contributed by atoms with E-state index in [1.807, 2.05) is 11.3 Å². The molecule has 0 spiro atoms. The molecule has 0 bridgehead atoms. The molecule has 1 saturated carbocycles. The van der Waals surface area contributed by atoms with Crippen molar-refractivity contribution in [2.75, 3.05) is 0 Å². The highest BCUT2D eigenvalue weighted by Gasteiger charge is 2.35. The van der Waals surface area contributed by atoms with Crippen molar-refractivity contribution >= 4 is 22.9 Å². The molecule has 0 saturated heterocycles. The molecule has 1 aliphatic carbocycles. The lowest BCUT2D eigenvalue weighted by atomic mass is 9.85. The molecule has 4 atom stereocenters. The summed E-state index contributed by atoms with van der Waals surface area (Å²) in [5.74, 6) is 1.15. The number of hydrogen-bond acceptors (Lipinski definition) is 2. The van der Waals surface area contributed by atoms with Crippen LogP contribution in [-0.2, 0) is 6.42 Å². The van der Waals surface area contributed by atoms with E-state index in [-0.39, 0.29) is 6.10 Å². The molecule has 1 nitrogen and oxygen atoms in total. The monoisotopic (exact) mass is 404 g/mol. The van der Waals surface area contributed by atoms with Gasteiger partial charge in [-0.15, -0.1) is 22.9 Å². The summed E-state index contributed by atoms with van der Waals surface area (Å²) in [5, 5.41) is 12.9. The highest BCUT2D eigenvalue weighted by Crippen LogP contribution is 2.45. The summed E-state index contributed by atoms with van der Waals surface area (Å²) in [4.78, 5) is 1.48. The number of alkyl halides is 1. The first-order valence-electron chi connectivity index (χ1n) is 10.6. The fourth-order valence-corrected chi connectivity index (χ4v) is 5.68. The molecule has 3 heteroatoms. The zero-order valence-corrected chi connectivity index (χ0v) is 18.0. The molecule has 0 radical (unpaired) electrons. The van der Waals surface area contributed by atoms with Crippen molar-refractivity contribution in [2.24, 2.45) is 5.92 Å². The Morgan fingerprint density at radius 1 is 1.11 bits per heavy atom. The van der Waals surface area contributed by atoms with E-state index in [0.29, 0.717) is 17.2 Å². The van der Waals surface area contributed by atoms with Crippen LogP contribution >= 0.6 is 22.9 Å². The first-order valence-corrected chi connectivity index (χ1v) is 11.9. The van der Waals surface area contributed by atoms with Crippen LogP contribution in [0.3, 0.4) is 0 Å². The average molecular weight is 405 g/mol. The predicted octanol–water partition coefficient (Wildman–Crippen LogP) is 7.49. The van der Waals surface area contributed by atoms with Crippen molar-refractivity contribution in [3.8, 4) is 0 Å². The van der Waals surface area contributed by atoms with E-state index in [1.165, 1.54) is 49.0 Å². The summed E-state index contributed by atoms with van der Waals surface area (Å²) < 4.78 is 0. The lowest BCUT2D eigenvalue weighted by molar-refractivity contribution is 0.163. The van der Waals surface area contributed by atoms with Gasteiger partial charge in [0.25, 0.3) is 0 Å². The second-order valence-corrected chi connectivity index (χ2v) is 9.61. The van der Waals surface area contributed by atoms with Crippen LogP contribution in [0.4, 0.5) is 0 Å². The Kier molecular flexibility index (Phi) is 8.24. The maximum Gasteiger partial charge on any atom is 0.0790 e. The summed E-state index contributed by atoms with van der Waals surface area (Å²) in [6, 6.07) is 13.1. The van der Waals surface area contributed by atoms with Gasteiger partial charge in [0, 0.05) is 10.3 Å². The van der Waals surface area contributed by atoms with E-state index in [1.54, 1.807) is 0 Å². The van der Waals surface area contributed by atoms with Crippen molar-refractivity contribution in [2.45, 2.75) is 82.1 Å². The number of unbranched alkanes of at least 4 members (excludes halogenated alkanes) is 2. The Morgan fingerprint density at radius 3 is 2.63 bits per heavy atom. The van der Waals surface area contributed by atoms with Gasteiger partial charge in [0.1, 0.15) is 0 Å². The van der Waals surface area contributed by atoms with Gasteiger partial charge < -0.3 is 5.11 Å². The van der Waals surface area contributed by atoms with E-state index in [2.05, 4.69) is 48.7 Å². The maximum absolute atomic E-state index is 10.4. The standard InChI is InChI=1S/C24H33ClOS/c1-2-3-4-10-24(26)19-13-11-18(12-14-19)21-15-16-23(25)22(21)9-5-7-20-8-6-17-27-20/h6,8,11-14,17,21-24,26H,2-5,7,9-10,15-16H2,1H3. The Labute approximate surface area is 173 Å². The van der Waals surface area contributed by atoms with Crippen LogP contribution in [0.1, 0.15) is 86.3 Å². The van der Waals surface area contributed by atoms with Crippen molar-refractivity contribution in [1.82, 2.24) is 0 Å². The maximum atomic E-state index is 10.4. The van der Waals surface area contributed by atoms with Gasteiger partial charge in [0.05, 0.1) is 6.10 Å². The molecular formula is C24H33ClOS. The number of rotatable bonds is 10. The molecule has 1 aromatic heterocycles. The SMILES string of the molecule is CCCCCC(O)c1ccc(C2CCC(Cl)C2CCCc2cccs2)cc1. The third kappa shape index (κ3) is 5.82. The Balaban J connectivity index is 1.56. The second-order valence-electron chi connectivity index (χ2n) is 8.01. The lowest BCUT2D eigenvalue weighted by Gasteiger charge is -2.23. The Hall–Kier alpha value is -0.830. The molecule has 1 fully saturated rings. The van der Waals surface area contributed by atoms with Crippen molar-refractivity contribution in [1.29, 1.82) is 0 Å². The van der Waals surface area contributed by atoms with E-state index in [9.17, 15) is 5.11 Å². The third-order valence-corrected chi connectivity index (χ3v) is 7.58. The zero-order chi connectivity index (χ0) is 19.1. The van der Waals surface area contributed by atoms with Gasteiger partial charge in [0.2, 0.25) is 0 Å². The first kappa shape index (κ1) is 20.9. The fraction of sp³-hybridized carbons (Fsp3) is 0.583. The topological polar surface area (TPSA) is 20.2 Å². The van der Waals surface area contributed by atoms with E-state index >= 15 is 0 Å². The normalized spacial score (nSPS) is 23.6. The average Bonchev–Trinajstić information content (AvgIpc) is 3.32. The van der Waals surface area contributed by atoms with Crippen LogP contribution in [0.25, 0.3) is 0 Å². The number of thiophene rings is 1. The number of aliphatic hydroxyl groups excluding tert-OH is 1. The molecule has 1 aliphatic rings. The number of aryl methyl sites for hydroxylation is 1. The second kappa shape index (κ2) is 10.6. The van der Waals surface area contributed by atoms with E-state index < -0.39 is 0 Å². The minimum absolute atomic E-state index is 0.303.